The summed E-state index contributed by atoms with van der Waals surface area (Å²) in [6.45, 7) is 7.69. The Morgan fingerprint density at radius 3 is 2.00 bits per heavy atom. The van der Waals surface area contributed by atoms with Gasteiger partial charge in [-0.25, -0.2) is 8.42 Å². The van der Waals surface area contributed by atoms with Crippen LogP contribution in [0.3, 0.4) is 0 Å². The molecule has 0 aliphatic carbocycles. The number of amides is 2. The number of benzene rings is 3. The van der Waals surface area contributed by atoms with Gasteiger partial charge in [0.1, 0.15) is 12.6 Å². The van der Waals surface area contributed by atoms with Crippen LogP contribution in [0.2, 0.25) is 0 Å². The van der Waals surface area contributed by atoms with Gasteiger partial charge in [-0.3, -0.25) is 13.9 Å². The van der Waals surface area contributed by atoms with Crippen LogP contribution in [-0.2, 0) is 26.2 Å². The molecule has 0 fully saturated rings. The molecule has 0 aliphatic rings. The summed E-state index contributed by atoms with van der Waals surface area (Å²) in [6, 6.07) is 22.0. The third-order valence-electron chi connectivity index (χ3n) is 6.12. The quantitative estimate of drug-likeness (QED) is 0.404. The van der Waals surface area contributed by atoms with Crippen LogP contribution >= 0.6 is 0 Å². The molecule has 37 heavy (non-hydrogen) atoms. The second-order valence-electron chi connectivity index (χ2n) is 9.13. The monoisotopic (exact) mass is 521 g/mol. The van der Waals surface area contributed by atoms with Crippen LogP contribution in [0, 0.1) is 13.8 Å². The van der Waals surface area contributed by atoms with Crippen LogP contribution in [-0.4, -0.2) is 44.3 Å². The smallest absolute Gasteiger partial charge is 0.264 e. The predicted molar refractivity (Wildman–Crippen MR) is 147 cm³/mol. The van der Waals surface area contributed by atoms with E-state index in [1.165, 1.54) is 17.0 Å². The highest BCUT2D eigenvalue weighted by molar-refractivity contribution is 7.92. The second kappa shape index (κ2) is 12.5. The molecule has 0 aromatic heterocycles. The summed E-state index contributed by atoms with van der Waals surface area (Å²) in [5.41, 5.74) is 3.23. The lowest BCUT2D eigenvalue weighted by molar-refractivity contribution is -0.139. The number of sulfonamides is 1. The third-order valence-corrected chi connectivity index (χ3v) is 7.91. The number of nitrogens with one attached hydrogen (secondary N) is 1. The topological polar surface area (TPSA) is 86.8 Å². The van der Waals surface area contributed by atoms with Crippen molar-refractivity contribution >= 4 is 27.5 Å². The molecule has 0 bridgehead atoms. The Kier molecular flexibility index (Phi) is 9.47. The second-order valence-corrected chi connectivity index (χ2v) is 11.0. The van der Waals surface area contributed by atoms with E-state index in [1.54, 1.807) is 49.4 Å². The zero-order chi connectivity index (χ0) is 27.0. The molecule has 8 heteroatoms. The van der Waals surface area contributed by atoms with Gasteiger partial charge >= 0.3 is 0 Å². The van der Waals surface area contributed by atoms with E-state index in [1.807, 2.05) is 45.0 Å². The van der Waals surface area contributed by atoms with Crippen LogP contribution in [0.15, 0.2) is 83.8 Å². The molecule has 3 aromatic carbocycles. The van der Waals surface area contributed by atoms with Crippen LogP contribution in [0.4, 0.5) is 5.69 Å². The maximum absolute atomic E-state index is 13.8. The molecule has 0 saturated heterocycles. The molecule has 1 atom stereocenters. The van der Waals surface area contributed by atoms with E-state index in [-0.39, 0.29) is 17.3 Å². The lowest BCUT2D eigenvalue weighted by atomic mass is 10.1. The summed E-state index contributed by atoms with van der Waals surface area (Å²) in [6.07, 6.45) is 0.765. The van der Waals surface area contributed by atoms with Gasteiger partial charge in [0.05, 0.1) is 10.6 Å². The molecule has 0 heterocycles. The van der Waals surface area contributed by atoms with Gasteiger partial charge in [-0.05, 0) is 57.0 Å². The molecule has 3 aromatic rings. The van der Waals surface area contributed by atoms with Crippen LogP contribution in [0.1, 0.15) is 37.0 Å². The molecule has 1 N–H and O–H groups in total. The molecule has 3 rings (SSSR count). The van der Waals surface area contributed by atoms with E-state index in [4.69, 9.17) is 0 Å². The molecular weight excluding hydrogens is 486 g/mol. The van der Waals surface area contributed by atoms with Gasteiger partial charge in [0, 0.05) is 13.1 Å². The highest BCUT2D eigenvalue weighted by atomic mass is 32.2. The van der Waals surface area contributed by atoms with Gasteiger partial charge in [0.25, 0.3) is 10.0 Å². The van der Waals surface area contributed by atoms with Crippen molar-refractivity contribution in [1.29, 1.82) is 0 Å². The van der Waals surface area contributed by atoms with Gasteiger partial charge in [-0.15, -0.1) is 0 Å². The fourth-order valence-corrected chi connectivity index (χ4v) is 5.24. The first-order valence-electron chi connectivity index (χ1n) is 12.4. The number of carbonyl (C=O) groups excluding carboxylic acids is 2. The fourth-order valence-electron chi connectivity index (χ4n) is 3.83. The fraction of sp³-hybridized carbons (Fsp3) is 0.310. The molecule has 0 saturated carbocycles. The Balaban J connectivity index is 1.98. The van der Waals surface area contributed by atoms with Crippen LogP contribution in [0.5, 0.6) is 0 Å². The summed E-state index contributed by atoms with van der Waals surface area (Å²) in [7, 11) is -4.05. The van der Waals surface area contributed by atoms with Gasteiger partial charge in [0.15, 0.2) is 0 Å². The number of para-hydroxylation sites is 1. The Bertz CT molecular complexity index is 1290. The molecule has 0 radical (unpaired) electrons. The molecule has 2 amide bonds. The van der Waals surface area contributed by atoms with Gasteiger partial charge in [0.2, 0.25) is 11.8 Å². The first-order valence-corrected chi connectivity index (χ1v) is 13.8. The Morgan fingerprint density at radius 1 is 0.865 bits per heavy atom. The number of rotatable bonds is 11. The van der Waals surface area contributed by atoms with E-state index in [0.29, 0.717) is 12.2 Å². The van der Waals surface area contributed by atoms with Crippen molar-refractivity contribution in [2.24, 2.45) is 0 Å². The van der Waals surface area contributed by atoms with Crippen molar-refractivity contribution in [3.05, 3.63) is 95.6 Å². The molecule has 7 nitrogen and oxygen atoms in total. The van der Waals surface area contributed by atoms with E-state index in [9.17, 15) is 18.0 Å². The van der Waals surface area contributed by atoms with Crippen LogP contribution < -0.4 is 9.62 Å². The number of nitrogens with zero attached hydrogens (tertiary/aromatic N) is 2. The average molecular weight is 522 g/mol. The van der Waals surface area contributed by atoms with Crippen molar-refractivity contribution in [2.75, 3.05) is 17.4 Å². The zero-order valence-electron chi connectivity index (χ0n) is 21.8. The minimum absolute atomic E-state index is 0.0913. The van der Waals surface area contributed by atoms with Crippen molar-refractivity contribution in [1.82, 2.24) is 10.2 Å². The van der Waals surface area contributed by atoms with E-state index >= 15 is 0 Å². The summed E-state index contributed by atoms with van der Waals surface area (Å²) in [4.78, 5) is 28.2. The average Bonchev–Trinajstić information content (AvgIpc) is 2.90. The lowest BCUT2D eigenvalue weighted by Gasteiger charge is -2.32. The zero-order valence-corrected chi connectivity index (χ0v) is 22.7. The van der Waals surface area contributed by atoms with Gasteiger partial charge in [-0.2, -0.15) is 0 Å². The predicted octanol–water partition coefficient (Wildman–Crippen LogP) is 4.44. The Hall–Kier alpha value is -3.65. The highest BCUT2D eigenvalue weighted by Crippen LogP contribution is 2.24. The number of carbonyl (C=O) groups is 2. The maximum atomic E-state index is 13.8. The van der Waals surface area contributed by atoms with Gasteiger partial charge in [-0.1, -0.05) is 72.6 Å². The van der Waals surface area contributed by atoms with Gasteiger partial charge < -0.3 is 10.2 Å². The molecule has 0 spiro atoms. The number of hydrogen-bond acceptors (Lipinski definition) is 4. The van der Waals surface area contributed by atoms with Crippen molar-refractivity contribution < 1.29 is 18.0 Å². The molecule has 196 valence electrons. The first-order chi connectivity index (χ1) is 17.6. The van der Waals surface area contributed by atoms with Crippen molar-refractivity contribution in [3.63, 3.8) is 0 Å². The summed E-state index contributed by atoms with van der Waals surface area (Å²) in [5.74, 6) is -0.755. The minimum Gasteiger partial charge on any atom is -0.354 e. The number of anilines is 1. The molecular formula is C29H35N3O4S. The summed E-state index contributed by atoms with van der Waals surface area (Å²) in [5, 5.41) is 2.84. The van der Waals surface area contributed by atoms with E-state index in [2.05, 4.69) is 5.32 Å². The van der Waals surface area contributed by atoms with Crippen LogP contribution in [0.25, 0.3) is 0 Å². The van der Waals surface area contributed by atoms with E-state index in [0.717, 1.165) is 27.4 Å². The number of aryl methyl sites for hydroxylation is 2. The SMILES string of the molecule is CCCNC(=O)[C@H](C)N(Cc1ccc(C)cc1)C(=O)CN(c1ccccc1)S(=O)(=O)c1ccc(C)cc1. The maximum Gasteiger partial charge on any atom is 0.264 e. The normalized spacial score (nSPS) is 12.0. The summed E-state index contributed by atoms with van der Waals surface area (Å²) < 4.78 is 28.5. The Labute approximate surface area is 220 Å². The Morgan fingerprint density at radius 2 is 1.43 bits per heavy atom. The standard InChI is InChI=1S/C29H35N3O4S/c1-5-19-30-29(34)24(4)31(20-25-15-11-22(2)12-16-25)28(33)21-32(26-9-7-6-8-10-26)37(35,36)27-17-13-23(3)14-18-27/h6-18,24H,5,19-21H2,1-4H3,(H,30,34)/t24-/m0/s1. The minimum atomic E-state index is -4.05. The first kappa shape index (κ1) is 27.9. The largest absolute Gasteiger partial charge is 0.354 e. The number of hydrogen-bond donors (Lipinski definition) is 1. The summed E-state index contributed by atoms with van der Waals surface area (Å²) >= 11 is 0. The van der Waals surface area contributed by atoms with Crippen molar-refractivity contribution in [2.45, 2.75) is 51.6 Å². The highest BCUT2D eigenvalue weighted by Gasteiger charge is 2.32. The lowest BCUT2D eigenvalue weighted by Crippen LogP contribution is -2.51. The molecule has 0 unspecified atom stereocenters. The molecule has 0 aliphatic heterocycles. The third kappa shape index (κ3) is 7.20. The van der Waals surface area contributed by atoms with E-state index < -0.39 is 28.5 Å². The van der Waals surface area contributed by atoms with Crippen molar-refractivity contribution in [3.8, 4) is 0 Å².